The summed E-state index contributed by atoms with van der Waals surface area (Å²) in [5.41, 5.74) is 3.41. The second kappa shape index (κ2) is 5.44. The zero-order valence-corrected chi connectivity index (χ0v) is 11.1. The molecule has 0 spiro atoms. The fourth-order valence-electron chi connectivity index (χ4n) is 2.76. The zero-order valence-electron chi connectivity index (χ0n) is 11.1. The summed E-state index contributed by atoms with van der Waals surface area (Å²) in [6.45, 7) is 0.458. The first-order chi connectivity index (χ1) is 9.78. The third-order valence-corrected chi connectivity index (χ3v) is 3.83. The lowest BCUT2D eigenvalue weighted by atomic mass is 10.1. The molecule has 0 amide bonds. The molecule has 0 heterocycles. The van der Waals surface area contributed by atoms with Gasteiger partial charge in [0.15, 0.2) is 0 Å². The average Bonchev–Trinajstić information content (AvgIpc) is 2.89. The van der Waals surface area contributed by atoms with Gasteiger partial charge in [-0.15, -0.1) is 0 Å². The molecule has 0 aliphatic heterocycles. The molecule has 2 aromatic rings. The van der Waals surface area contributed by atoms with Gasteiger partial charge in [-0.25, -0.2) is 4.39 Å². The van der Waals surface area contributed by atoms with E-state index in [2.05, 4.69) is 29.6 Å². The molecule has 1 aliphatic carbocycles. The monoisotopic (exact) mass is 266 g/mol. The van der Waals surface area contributed by atoms with E-state index in [1.54, 1.807) is 12.1 Å². The van der Waals surface area contributed by atoms with E-state index >= 15 is 0 Å². The molecule has 0 aromatic heterocycles. The Balaban J connectivity index is 1.66. The van der Waals surface area contributed by atoms with Crippen LogP contribution in [0.4, 0.5) is 4.39 Å². The molecule has 0 fully saturated rings. The molecule has 1 N–H and O–H groups in total. The molecular weight excluding hydrogens is 251 g/mol. The molecule has 0 saturated carbocycles. The molecule has 0 radical (unpaired) electrons. The summed E-state index contributed by atoms with van der Waals surface area (Å²) in [6.07, 6.45) is 1.96. The molecule has 1 aliphatic rings. The van der Waals surface area contributed by atoms with Gasteiger partial charge in [-0.2, -0.15) is 5.26 Å². The Morgan fingerprint density at radius 1 is 1.10 bits per heavy atom. The third-order valence-electron chi connectivity index (χ3n) is 3.83. The van der Waals surface area contributed by atoms with Gasteiger partial charge in [0, 0.05) is 18.2 Å². The molecule has 2 aromatic carbocycles. The Morgan fingerprint density at radius 2 is 1.80 bits per heavy atom. The largest absolute Gasteiger partial charge is 0.309 e. The maximum atomic E-state index is 13.9. The van der Waals surface area contributed by atoms with Gasteiger partial charge < -0.3 is 5.32 Å². The minimum Gasteiger partial charge on any atom is -0.309 e. The maximum absolute atomic E-state index is 13.9. The first-order valence-corrected chi connectivity index (χ1v) is 6.75. The molecule has 2 nitrogen and oxygen atoms in total. The summed E-state index contributed by atoms with van der Waals surface area (Å²) >= 11 is 0. The minimum absolute atomic E-state index is 0.110. The van der Waals surface area contributed by atoms with Crippen LogP contribution in [0.3, 0.4) is 0 Å². The molecular formula is C17H15FN2. The van der Waals surface area contributed by atoms with Crippen LogP contribution in [0.2, 0.25) is 0 Å². The van der Waals surface area contributed by atoms with Crippen molar-refractivity contribution in [2.75, 3.05) is 0 Å². The van der Waals surface area contributed by atoms with Crippen LogP contribution in [0.25, 0.3) is 0 Å². The molecule has 0 bridgehead atoms. The first kappa shape index (κ1) is 12.8. The second-order valence-corrected chi connectivity index (χ2v) is 5.15. The van der Waals surface area contributed by atoms with E-state index in [0.717, 1.165) is 12.8 Å². The summed E-state index contributed by atoms with van der Waals surface area (Å²) in [5, 5.41) is 12.2. The van der Waals surface area contributed by atoms with Gasteiger partial charge >= 0.3 is 0 Å². The Bertz CT molecular complexity index is 648. The van der Waals surface area contributed by atoms with Gasteiger partial charge in [-0.1, -0.05) is 36.4 Å². The van der Waals surface area contributed by atoms with Crippen molar-refractivity contribution in [1.82, 2.24) is 5.32 Å². The lowest BCUT2D eigenvalue weighted by Gasteiger charge is -2.12. The molecule has 0 atom stereocenters. The molecule has 3 rings (SSSR count). The SMILES string of the molecule is N#Cc1cccc(CNC2Cc3ccccc3C2)c1F. The van der Waals surface area contributed by atoms with Crippen molar-refractivity contribution in [1.29, 1.82) is 5.26 Å². The van der Waals surface area contributed by atoms with Crippen LogP contribution in [0.5, 0.6) is 0 Å². The van der Waals surface area contributed by atoms with E-state index in [0.29, 0.717) is 18.2 Å². The van der Waals surface area contributed by atoms with Crippen LogP contribution >= 0.6 is 0 Å². The highest BCUT2D eigenvalue weighted by Gasteiger charge is 2.20. The summed E-state index contributed by atoms with van der Waals surface area (Å²) in [5.74, 6) is -0.405. The number of hydrogen-bond donors (Lipinski definition) is 1. The third kappa shape index (κ3) is 2.43. The highest BCUT2D eigenvalue weighted by Crippen LogP contribution is 2.22. The number of benzene rings is 2. The van der Waals surface area contributed by atoms with Gasteiger partial charge in [0.25, 0.3) is 0 Å². The Kier molecular flexibility index (Phi) is 3.49. The van der Waals surface area contributed by atoms with E-state index in [9.17, 15) is 4.39 Å². The van der Waals surface area contributed by atoms with Crippen LogP contribution in [0, 0.1) is 17.1 Å². The molecule has 100 valence electrons. The van der Waals surface area contributed by atoms with Crippen molar-refractivity contribution < 1.29 is 4.39 Å². The summed E-state index contributed by atoms with van der Waals surface area (Å²) in [7, 11) is 0. The molecule has 20 heavy (non-hydrogen) atoms. The van der Waals surface area contributed by atoms with Crippen LogP contribution in [0.15, 0.2) is 42.5 Å². The van der Waals surface area contributed by atoms with Crippen LogP contribution < -0.4 is 5.32 Å². The Morgan fingerprint density at radius 3 is 2.45 bits per heavy atom. The van der Waals surface area contributed by atoms with Gasteiger partial charge in [-0.05, 0) is 30.0 Å². The number of hydrogen-bond acceptors (Lipinski definition) is 2. The van der Waals surface area contributed by atoms with E-state index in [1.807, 2.05) is 6.07 Å². The number of rotatable bonds is 3. The van der Waals surface area contributed by atoms with Crippen molar-refractivity contribution in [3.8, 4) is 6.07 Å². The minimum atomic E-state index is -0.405. The number of nitrogens with zero attached hydrogens (tertiary/aromatic N) is 1. The van der Waals surface area contributed by atoms with Gasteiger partial charge in [0.05, 0.1) is 5.56 Å². The molecule has 3 heteroatoms. The Hall–Kier alpha value is -2.18. The average molecular weight is 266 g/mol. The van der Waals surface area contributed by atoms with Gasteiger partial charge in [-0.3, -0.25) is 0 Å². The highest BCUT2D eigenvalue weighted by molar-refractivity contribution is 5.36. The van der Waals surface area contributed by atoms with Gasteiger partial charge in [0.1, 0.15) is 11.9 Å². The summed E-state index contributed by atoms with van der Waals surface area (Å²) in [6, 6.07) is 15.6. The topological polar surface area (TPSA) is 35.8 Å². The van der Waals surface area contributed by atoms with Crippen molar-refractivity contribution in [3.05, 3.63) is 70.5 Å². The van der Waals surface area contributed by atoms with Crippen molar-refractivity contribution in [2.24, 2.45) is 0 Å². The van der Waals surface area contributed by atoms with E-state index < -0.39 is 5.82 Å². The summed E-state index contributed by atoms with van der Waals surface area (Å²) in [4.78, 5) is 0. The van der Waals surface area contributed by atoms with Gasteiger partial charge in [0.2, 0.25) is 0 Å². The van der Waals surface area contributed by atoms with Crippen molar-refractivity contribution in [3.63, 3.8) is 0 Å². The standard InChI is InChI=1S/C17H15FN2/c18-17-14(10-19)6-3-7-15(17)11-20-16-8-12-4-1-2-5-13(12)9-16/h1-7,16,20H,8-9,11H2. The zero-order chi connectivity index (χ0) is 13.9. The van der Waals surface area contributed by atoms with E-state index in [4.69, 9.17) is 5.26 Å². The van der Waals surface area contributed by atoms with E-state index in [1.165, 1.54) is 17.2 Å². The predicted octanol–water partition coefficient (Wildman–Crippen LogP) is 2.95. The van der Waals surface area contributed by atoms with Crippen LogP contribution in [-0.4, -0.2) is 6.04 Å². The fraction of sp³-hybridized carbons (Fsp3) is 0.235. The summed E-state index contributed by atoms with van der Waals surface area (Å²) < 4.78 is 13.9. The molecule has 0 unspecified atom stereocenters. The van der Waals surface area contributed by atoms with E-state index in [-0.39, 0.29) is 5.56 Å². The maximum Gasteiger partial charge on any atom is 0.145 e. The van der Waals surface area contributed by atoms with Crippen molar-refractivity contribution >= 4 is 0 Å². The fourth-order valence-corrected chi connectivity index (χ4v) is 2.76. The lowest BCUT2D eigenvalue weighted by molar-refractivity contribution is 0.515. The second-order valence-electron chi connectivity index (χ2n) is 5.15. The normalized spacial score (nSPS) is 14.0. The lowest BCUT2D eigenvalue weighted by Crippen LogP contribution is -2.29. The number of nitrogens with one attached hydrogen (secondary N) is 1. The number of fused-ring (bicyclic) bond motifs is 1. The van der Waals surface area contributed by atoms with Crippen LogP contribution in [0.1, 0.15) is 22.3 Å². The van der Waals surface area contributed by atoms with Crippen molar-refractivity contribution in [2.45, 2.75) is 25.4 Å². The molecule has 0 saturated heterocycles. The smallest absolute Gasteiger partial charge is 0.145 e. The first-order valence-electron chi connectivity index (χ1n) is 6.75. The number of halogens is 1. The number of nitriles is 1. The quantitative estimate of drug-likeness (QED) is 0.927. The highest BCUT2D eigenvalue weighted by atomic mass is 19.1. The van der Waals surface area contributed by atoms with Crippen LogP contribution in [-0.2, 0) is 19.4 Å². The Labute approximate surface area is 117 Å². The predicted molar refractivity (Wildman–Crippen MR) is 75.6 cm³/mol.